The van der Waals surface area contributed by atoms with Gasteiger partial charge in [-0.15, -0.1) is 0 Å². The van der Waals surface area contributed by atoms with Gasteiger partial charge in [-0.2, -0.15) is 0 Å². The third-order valence-electron chi connectivity index (χ3n) is 4.04. The highest BCUT2D eigenvalue weighted by molar-refractivity contribution is 9.10. The molecule has 4 nitrogen and oxygen atoms in total. The molecular weight excluding hydrogens is 382 g/mol. The van der Waals surface area contributed by atoms with Gasteiger partial charge in [0.15, 0.2) is 0 Å². The van der Waals surface area contributed by atoms with E-state index in [1.165, 1.54) is 5.56 Å². The Morgan fingerprint density at radius 2 is 1.84 bits per heavy atom. The van der Waals surface area contributed by atoms with Crippen molar-refractivity contribution in [3.63, 3.8) is 0 Å². The number of nitrogens with one attached hydrogen (secondary N) is 1. The smallest absolute Gasteiger partial charge is 0.229 e. The topological polar surface area (TPSA) is 47.6 Å². The molecule has 1 heterocycles. The summed E-state index contributed by atoms with van der Waals surface area (Å²) >= 11 is 3.40. The van der Waals surface area contributed by atoms with E-state index in [-0.39, 0.29) is 18.6 Å². The first-order valence-corrected chi connectivity index (χ1v) is 8.99. The normalized spacial score (nSPS) is 14.2. The molecule has 25 heavy (non-hydrogen) atoms. The van der Waals surface area contributed by atoms with Crippen LogP contribution in [0.3, 0.4) is 0 Å². The van der Waals surface area contributed by atoms with Crippen LogP contribution in [0.5, 0.6) is 0 Å². The van der Waals surface area contributed by atoms with Crippen molar-refractivity contribution in [1.82, 2.24) is 5.32 Å². The molecule has 3 rings (SSSR count). The molecule has 1 aliphatic rings. The van der Waals surface area contributed by atoms with Crippen LogP contribution in [0.1, 0.15) is 11.1 Å². The molecule has 2 aromatic rings. The quantitative estimate of drug-likeness (QED) is 0.766. The van der Waals surface area contributed by atoms with Crippen molar-refractivity contribution < 1.29 is 14.3 Å². The Morgan fingerprint density at radius 3 is 2.52 bits per heavy atom. The fourth-order valence-electron chi connectivity index (χ4n) is 2.73. The average molecular weight is 402 g/mol. The van der Waals surface area contributed by atoms with Crippen LogP contribution in [0.25, 0.3) is 0 Å². The monoisotopic (exact) mass is 401 g/mol. The summed E-state index contributed by atoms with van der Waals surface area (Å²) in [6, 6.07) is 17.9. The van der Waals surface area contributed by atoms with Crippen LogP contribution in [-0.2, 0) is 27.1 Å². The molecule has 1 unspecified atom stereocenters. The number of hydrogen-bond donors (Lipinski definition) is 1. The van der Waals surface area contributed by atoms with E-state index < -0.39 is 0 Å². The van der Waals surface area contributed by atoms with Crippen molar-refractivity contribution in [2.45, 2.75) is 12.8 Å². The second-order valence-electron chi connectivity index (χ2n) is 5.94. The molecule has 0 aromatic heterocycles. The lowest BCUT2D eigenvalue weighted by Crippen LogP contribution is -2.32. The fourth-order valence-corrected chi connectivity index (χ4v) is 2.99. The number of hydrogen-bond acceptors (Lipinski definition) is 3. The Kier molecular flexibility index (Phi) is 6.12. The largest absolute Gasteiger partial charge is 0.462 e. The number of carbonyl (C=O) groups excluding carboxylic acids is 1. The van der Waals surface area contributed by atoms with Crippen molar-refractivity contribution in [3.05, 3.63) is 82.2 Å². The lowest BCUT2D eigenvalue weighted by atomic mass is 9.97. The second kappa shape index (κ2) is 8.72. The van der Waals surface area contributed by atoms with Gasteiger partial charge >= 0.3 is 0 Å². The zero-order valence-corrected chi connectivity index (χ0v) is 15.4. The van der Waals surface area contributed by atoms with Crippen molar-refractivity contribution in [2.24, 2.45) is 5.92 Å². The highest BCUT2D eigenvalue weighted by atomic mass is 79.9. The molecule has 130 valence electrons. The molecule has 2 aromatic carbocycles. The van der Waals surface area contributed by atoms with Gasteiger partial charge < -0.3 is 14.8 Å². The molecule has 0 fully saturated rings. The summed E-state index contributed by atoms with van der Waals surface area (Å²) in [5.41, 5.74) is 2.19. The number of amides is 1. The standard InChI is InChI=1S/C20H20BrNO3/c21-18-8-6-16(7-9-18)11-20(23)22-12-17(19-13-24-14-25-19)10-15-4-2-1-3-5-15/h1-9,13,17H,10-12,14H2,(H,22,23). The van der Waals surface area contributed by atoms with Gasteiger partial charge in [-0.05, 0) is 29.7 Å². The lowest BCUT2D eigenvalue weighted by molar-refractivity contribution is -0.120. The van der Waals surface area contributed by atoms with Gasteiger partial charge in [-0.3, -0.25) is 4.79 Å². The summed E-state index contributed by atoms with van der Waals surface area (Å²) in [4.78, 5) is 12.3. The van der Waals surface area contributed by atoms with E-state index in [9.17, 15) is 4.79 Å². The molecule has 0 spiro atoms. The van der Waals surface area contributed by atoms with Crippen LogP contribution in [0, 0.1) is 5.92 Å². The van der Waals surface area contributed by atoms with Crippen LogP contribution in [0.4, 0.5) is 0 Å². The summed E-state index contributed by atoms with van der Waals surface area (Å²) in [7, 11) is 0. The Morgan fingerprint density at radius 1 is 1.08 bits per heavy atom. The number of ether oxygens (including phenoxy) is 2. The third kappa shape index (κ3) is 5.36. The fraction of sp³-hybridized carbons (Fsp3) is 0.250. The van der Waals surface area contributed by atoms with Crippen molar-refractivity contribution in [3.8, 4) is 0 Å². The summed E-state index contributed by atoms with van der Waals surface area (Å²) in [5, 5.41) is 3.02. The van der Waals surface area contributed by atoms with E-state index in [0.717, 1.165) is 22.2 Å². The highest BCUT2D eigenvalue weighted by Gasteiger charge is 2.21. The summed E-state index contributed by atoms with van der Waals surface area (Å²) < 4.78 is 11.7. The number of benzene rings is 2. The van der Waals surface area contributed by atoms with E-state index in [0.29, 0.717) is 13.0 Å². The van der Waals surface area contributed by atoms with Gasteiger partial charge in [0.1, 0.15) is 12.0 Å². The highest BCUT2D eigenvalue weighted by Crippen LogP contribution is 2.21. The van der Waals surface area contributed by atoms with Gasteiger partial charge in [0.25, 0.3) is 0 Å². The van der Waals surface area contributed by atoms with Crippen molar-refractivity contribution in [1.29, 1.82) is 0 Å². The van der Waals surface area contributed by atoms with E-state index in [2.05, 4.69) is 33.4 Å². The number of halogens is 1. The van der Waals surface area contributed by atoms with Crippen LogP contribution in [0.15, 0.2) is 71.1 Å². The van der Waals surface area contributed by atoms with Crippen LogP contribution < -0.4 is 5.32 Å². The van der Waals surface area contributed by atoms with Crippen LogP contribution in [-0.4, -0.2) is 19.2 Å². The number of carbonyl (C=O) groups is 1. The van der Waals surface area contributed by atoms with E-state index in [4.69, 9.17) is 9.47 Å². The molecular formula is C20H20BrNO3. The molecule has 0 aliphatic carbocycles. The second-order valence-corrected chi connectivity index (χ2v) is 6.86. The van der Waals surface area contributed by atoms with Crippen LogP contribution >= 0.6 is 15.9 Å². The van der Waals surface area contributed by atoms with Crippen molar-refractivity contribution >= 4 is 21.8 Å². The summed E-state index contributed by atoms with van der Waals surface area (Å²) in [6.07, 6.45) is 2.80. The maximum atomic E-state index is 12.3. The zero-order valence-electron chi connectivity index (χ0n) is 13.8. The molecule has 1 atom stereocenters. The van der Waals surface area contributed by atoms with E-state index >= 15 is 0 Å². The average Bonchev–Trinajstić information content (AvgIpc) is 3.16. The predicted octanol–water partition coefficient (Wildman–Crippen LogP) is 3.81. The lowest BCUT2D eigenvalue weighted by Gasteiger charge is -2.18. The minimum absolute atomic E-state index is 0.0000931. The summed E-state index contributed by atoms with van der Waals surface area (Å²) in [5.74, 6) is 0.839. The minimum atomic E-state index is -0.0000931. The molecule has 1 N–H and O–H groups in total. The molecule has 0 saturated heterocycles. The Bertz CT molecular complexity index is 728. The maximum Gasteiger partial charge on any atom is 0.229 e. The first-order valence-electron chi connectivity index (χ1n) is 8.20. The maximum absolute atomic E-state index is 12.3. The zero-order chi connectivity index (χ0) is 17.5. The first kappa shape index (κ1) is 17.5. The first-order chi connectivity index (χ1) is 12.2. The van der Waals surface area contributed by atoms with Gasteiger partial charge in [0, 0.05) is 16.9 Å². The molecule has 0 radical (unpaired) electrons. The molecule has 1 aliphatic heterocycles. The third-order valence-corrected chi connectivity index (χ3v) is 4.57. The Hall–Kier alpha value is -2.27. The Labute approximate surface area is 156 Å². The Balaban J connectivity index is 1.58. The van der Waals surface area contributed by atoms with Crippen molar-refractivity contribution in [2.75, 3.05) is 13.3 Å². The van der Waals surface area contributed by atoms with E-state index in [1.807, 2.05) is 42.5 Å². The molecule has 0 saturated carbocycles. The van der Waals surface area contributed by atoms with E-state index in [1.54, 1.807) is 6.26 Å². The SMILES string of the molecule is O=C(Cc1ccc(Br)cc1)NCC(Cc1ccccc1)C1=COCO1. The van der Waals surface area contributed by atoms with Gasteiger partial charge in [0.05, 0.1) is 6.42 Å². The molecule has 1 amide bonds. The summed E-state index contributed by atoms with van der Waals surface area (Å²) in [6.45, 7) is 0.757. The van der Waals surface area contributed by atoms with Crippen LogP contribution in [0.2, 0.25) is 0 Å². The van der Waals surface area contributed by atoms with Gasteiger partial charge in [-0.25, -0.2) is 0 Å². The molecule has 0 bridgehead atoms. The predicted molar refractivity (Wildman–Crippen MR) is 99.6 cm³/mol. The number of rotatable bonds is 7. The molecule has 5 heteroatoms. The van der Waals surface area contributed by atoms with Gasteiger partial charge in [-0.1, -0.05) is 58.4 Å². The minimum Gasteiger partial charge on any atom is -0.462 e. The van der Waals surface area contributed by atoms with Gasteiger partial charge in [0.2, 0.25) is 12.7 Å².